The first-order valence-electron chi connectivity index (χ1n) is 10.3. The summed E-state index contributed by atoms with van der Waals surface area (Å²) >= 11 is 0. The van der Waals surface area contributed by atoms with Gasteiger partial charge in [-0.15, -0.1) is 0 Å². The molecule has 1 aromatic heterocycles. The second-order valence-electron chi connectivity index (χ2n) is 7.57. The summed E-state index contributed by atoms with van der Waals surface area (Å²) in [5.41, 5.74) is 5.55. The molecule has 0 amide bonds. The summed E-state index contributed by atoms with van der Waals surface area (Å²) in [4.78, 5) is 11.5. The van der Waals surface area contributed by atoms with E-state index in [0.717, 1.165) is 30.3 Å². The fourth-order valence-electron chi connectivity index (χ4n) is 3.10. The van der Waals surface area contributed by atoms with Crippen LogP contribution >= 0.6 is 0 Å². The SMILES string of the molecule is CCNC(=NCc1ccccc1CN(C)C)NCc1coc(-c2ccc(C)cc2)n1. The lowest BCUT2D eigenvalue weighted by Gasteiger charge is -2.14. The Morgan fingerprint density at radius 3 is 2.47 bits per heavy atom. The summed E-state index contributed by atoms with van der Waals surface area (Å²) < 4.78 is 5.65. The van der Waals surface area contributed by atoms with Crippen molar-refractivity contribution in [2.24, 2.45) is 4.99 Å². The van der Waals surface area contributed by atoms with Gasteiger partial charge in [-0.2, -0.15) is 0 Å². The highest BCUT2D eigenvalue weighted by Gasteiger charge is 2.08. The maximum Gasteiger partial charge on any atom is 0.226 e. The number of rotatable bonds is 8. The summed E-state index contributed by atoms with van der Waals surface area (Å²) in [6.45, 7) is 6.97. The number of nitrogens with one attached hydrogen (secondary N) is 2. The Morgan fingerprint density at radius 1 is 1.03 bits per heavy atom. The smallest absolute Gasteiger partial charge is 0.226 e. The van der Waals surface area contributed by atoms with Crippen LogP contribution in [0.1, 0.15) is 29.3 Å². The molecule has 0 spiro atoms. The molecule has 0 aliphatic carbocycles. The second kappa shape index (κ2) is 10.6. The van der Waals surface area contributed by atoms with Crippen LogP contribution in [-0.2, 0) is 19.6 Å². The third kappa shape index (κ3) is 6.19. The van der Waals surface area contributed by atoms with E-state index in [1.165, 1.54) is 16.7 Å². The number of hydrogen-bond acceptors (Lipinski definition) is 4. The Bertz CT molecular complexity index is 960. The predicted octanol–water partition coefficient (Wildman–Crippen LogP) is 3.97. The third-order valence-electron chi connectivity index (χ3n) is 4.64. The Balaban J connectivity index is 1.64. The molecule has 1 heterocycles. The van der Waals surface area contributed by atoms with Crippen molar-refractivity contribution in [1.29, 1.82) is 0 Å². The van der Waals surface area contributed by atoms with Gasteiger partial charge in [-0.3, -0.25) is 0 Å². The Kier molecular flexibility index (Phi) is 7.63. The van der Waals surface area contributed by atoms with E-state index in [4.69, 9.17) is 9.41 Å². The number of aliphatic imine (C=N–C) groups is 1. The molecule has 0 radical (unpaired) electrons. The molecule has 0 aliphatic rings. The van der Waals surface area contributed by atoms with Crippen LogP contribution in [0.4, 0.5) is 0 Å². The monoisotopic (exact) mass is 405 g/mol. The lowest BCUT2D eigenvalue weighted by molar-refractivity contribution is 0.401. The van der Waals surface area contributed by atoms with Crippen molar-refractivity contribution in [3.05, 3.63) is 77.2 Å². The number of hydrogen-bond donors (Lipinski definition) is 2. The zero-order valence-corrected chi connectivity index (χ0v) is 18.3. The van der Waals surface area contributed by atoms with Crippen molar-refractivity contribution in [3.63, 3.8) is 0 Å². The van der Waals surface area contributed by atoms with Crippen LogP contribution in [0.2, 0.25) is 0 Å². The van der Waals surface area contributed by atoms with Gasteiger partial charge in [0.2, 0.25) is 5.89 Å². The number of nitrogens with zero attached hydrogens (tertiary/aromatic N) is 3. The van der Waals surface area contributed by atoms with Gasteiger partial charge >= 0.3 is 0 Å². The average Bonchev–Trinajstić information content (AvgIpc) is 3.20. The van der Waals surface area contributed by atoms with Crippen molar-refractivity contribution >= 4 is 5.96 Å². The van der Waals surface area contributed by atoms with Crippen LogP contribution in [0.5, 0.6) is 0 Å². The second-order valence-corrected chi connectivity index (χ2v) is 7.57. The van der Waals surface area contributed by atoms with Gasteiger partial charge in [0, 0.05) is 18.7 Å². The Hall–Kier alpha value is -3.12. The number of benzene rings is 2. The van der Waals surface area contributed by atoms with Crippen LogP contribution in [-0.4, -0.2) is 36.5 Å². The molecule has 3 rings (SSSR count). The standard InChI is InChI=1S/C24H31N5O/c1-5-25-24(26-14-20-8-6-7-9-21(20)16-29(3)4)27-15-22-17-30-23(28-22)19-12-10-18(2)11-13-19/h6-13,17H,5,14-16H2,1-4H3,(H2,25,26,27). The van der Waals surface area contributed by atoms with E-state index >= 15 is 0 Å². The lowest BCUT2D eigenvalue weighted by Crippen LogP contribution is -2.36. The van der Waals surface area contributed by atoms with Gasteiger partial charge in [0.25, 0.3) is 0 Å². The molecule has 2 N–H and O–H groups in total. The van der Waals surface area contributed by atoms with E-state index < -0.39 is 0 Å². The van der Waals surface area contributed by atoms with Crippen LogP contribution in [0.15, 0.2) is 64.2 Å². The summed E-state index contributed by atoms with van der Waals surface area (Å²) in [7, 11) is 4.16. The summed E-state index contributed by atoms with van der Waals surface area (Å²) in [5.74, 6) is 1.39. The predicted molar refractivity (Wildman–Crippen MR) is 122 cm³/mol. The Labute approximate surface area is 179 Å². The van der Waals surface area contributed by atoms with Gasteiger partial charge in [-0.25, -0.2) is 9.98 Å². The van der Waals surface area contributed by atoms with Crippen molar-refractivity contribution in [1.82, 2.24) is 20.5 Å². The van der Waals surface area contributed by atoms with Crippen LogP contribution < -0.4 is 10.6 Å². The highest BCUT2D eigenvalue weighted by Crippen LogP contribution is 2.19. The topological polar surface area (TPSA) is 65.7 Å². The largest absolute Gasteiger partial charge is 0.444 e. The molecule has 0 fully saturated rings. The lowest BCUT2D eigenvalue weighted by atomic mass is 10.1. The van der Waals surface area contributed by atoms with E-state index in [9.17, 15) is 0 Å². The van der Waals surface area contributed by atoms with Crippen LogP contribution in [0, 0.1) is 6.92 Å². The summed E-state index contributed by atoms with van der Waals surface area (Å²) in [6, 6.07) is 16.6. The molecule has 30 heavy (non-hydrogen) atoms. The van der Waals surface area contributed by atoms with E-state index in [1.54, 1.807) is 6.26 Å². The van der Waals surface area contributed by atoms with Crippen LogP contribution in [0.25, 0.3) is 11.5 Å². The molecule has 6 heteroatoms. The third-order valence-corrected chi connectivity index (χ3v) is 4.64. The molecule has 158 valence electrons. The van der Waals surface area contributed by atoms with E-state index in [0.29, 0.717) is 19.0 Å². The molecule has 0 saturated heterocycles. The van der Waals surface area contributed by atoms with Gasteiger partial charge in [-0.1, -0.05) is 42.0 Å². The number of guanidine groups is 1. The molecular formula is C24H31N5O. The minimum absolute atomic E-state index is 0.542. The van der Waals surface area contributed by atoms with Crippen molar-refractivity contribution in [2.45, 2.75) is 33.5 Å². The number of aryl methyl sites for hydroxylation is 1. The van der Waals surface area contributed by atoms with Crippen molar-refractivity contribution in [3.8, 4) is 11.5 Å². The molecule has 2 aromatic carbocycles. The van der Waals surface area contributed by atoms with Gasteiger partial charge in [0.15, 0.2) is 5.96 Å². The fourth-order valence-corrected chi connectivity index (χ4v) is 3.10. The first-order chi connectivity index (χ1) is 14.5. The molecule has 0 aliphatic heterocycles. The van der Waals surface area contributed by atoms with E-state index in [2.05, 4.69) is 84.9 Å². The first kappa shape index (κ1) is 21.6. The Morgan fingerprint density at radius 2 is 1.77 bits per heavy atom. The van der Waals surface area contributed by atoms with Gasteiger partial charge in [0.05, 0.1) is 18.8 Å². The number of oxazole rings is 1. The van der Waals surface area contributed by atoms with Crippen LogP contribution in [0.3, 0.4) is 0 Å². The minimum Gasteiger partial charge on any atom is -0.444 e. The molecule has 6 nitrogen and oxygen atoms in total. The molecule has 0 bridgehead atoms. The van der Waals surface area contributed by atoms with E-state index in [1.807, 2.05) is 12.1 Å². The van der Waals surface area contributed by atoms with Gasteiger partial charge in [-0.05, 0) is 51.2 Å². The average molecular weight is 406 g/mol. The number of aromatic nitrogens is 1. The zero-order chi connectivity index (χ0) is 21.3. The summed E-state index contributed by atoms with van der Waals surface area (Å²) in [5, 5.41) is 6.65. The molecule has 0 atom stereocenters. The molecular weight excluding hydrogens is 374 g/mol. The van der Waals surface area contributed by atoms with Crippen molar-refractivity contribution in [2.75, 3.05) is 20.6 Å². The summed E-state index contributed by atoms with van der Waals surface area (Å²) in [6.07, 6.45) is 1.69. The first-order valence-corrected chi connectivity index (χ1v) is 10.3. The highest BCUT2D eigenvalue weighted by atomic mass is 16.3. The minimum atomic E-state index is 0.542. The maximum atomic E-state index is 5.65. The van der Waals surface area contributed by atoms with Gasteiger partial charge < -0.3 is 20.0 Å². The van der Waals surface area contributed by atoms with Crippen molar-refractivity contribution < 1.29 is 4.42 Å². The normalized spacial score (nSPS) is 11.7. The highest BCUT2D eigenvalue weighted by molar-refractivity contribution is 5.79. The maximum absolute atomic E-state index is 5.65. The fraction of sp³-hybridized carbons (Fsp3) is 0.333. The molecule has 0 saturated carbocycles. The molecule has 0 unspecified atom stereocenters. The quantitative estimate of drug-likeness (QED) is 0.439. The van der Waals surface area contributed by atoms with E-state index in [-0.39, 0.29) is 0 Å². The zero-order valence-electron chi connectivity index (χ0n) is 18.3. The molecule has 3 aromatic rings. The van der Waals surface area contributed by atoms with Gasteiger partial charge in [0.1, 0.15) is 6.26 Å².